The van der Waals surface area contributed by atoms with Gasteiger partial charge in [-0.1, -0.05) is 32.4 Å². The lowest BCUT2D eigenvalue weighted by atomic mass is 9.47. The summed E-state index contributed by atoms with van der Waals surface area (Å²) in [7, 11) is 3.79. The molecule has 3 saturated carbocycles. The number of esters is 1. The van der Waals surface area contributed by atoms with E-state index in [9.17, 15) is 9.59 Å². The van der Waals surface area contributed by atoms with E-state index < -0.39 is 0 Å². The van der Waals surface area contributed by atoms with Gasteiger partial charge in [0.05, 0.1) is 0 Å². The Kier molecular flexibility index (Phi) is 5.60. The Morgan fingerprint density at radius 1 is 1.10 bits per heavy atom. The van der Waals surface area contributed by atoms with E-state index in [1.807, 2.05) is 14.1 Å². The van der Waals surface area contributed by atoms with Gasteiger partial charge >= 0.3 is 5.97 Å². The highest BCUT2D eigenvalue weighted by molar-refractivity contribution is 5.78. The van der Waals surface area contributed by atoms with E-state index in [1.54, 1.807) is 10.5 Å². The van der Waals surface area contributed by atoms with Crippen molar-refractivity contribution in [2.24, 2.45) is 40.4 Å². The number of carbonyl (C=O) groups is 2. The Morgan fingerprint density at radius 2 is 1.83 bits per heavy atom. The highest BCUT2D eigenvalue weighted by atomic mass is 16.5. The van der Waals surface area contributed by atoms with Crippen LogP contribution in [-0.2, 0) is 14.3 Å². The van der Waals surface area contributed by atoms with Gasteiger partial charge in [0.2, 0.25) is 5.91 Å². The van der Waals surface area contributed by atoms with E-state index in [0.717, 1.165) is 37.0 Å². The molecule has 4 nitrogen and oxygen atoms in total. The van der Waals surface area contributed by atoms with Crippen molar-refractivity contribution in [1.82, 2.24) is 4.90 Å². The highest BCUT2D eigenvalue weighted by Gasteiger charge is 2.59. The first-order valence-corrected chi connectivity index (χ1v) is 12.2. The topological polar surface area (TPSA) is 46.6 Å². The number of amides is 1. The van der Waals surface area contributed by atoms with E-state index in [1.165, 1.54) is 39.0 Å². The summed E-state index contributed by atoms with van der Waals surface area (Å²) in [6.07, 6.45) is 11.8. The number of hydrogen-bond acceptors (Lipinski definition) is 3. The standard InChI is InChI=1S/C26H41NO3/c1-16(24(29)27(5)6)21-9-10-22-20-8-7-18-15-19(30-17(2)28)11-13-25(18,3)23(20)12-14-26(21,22)4/h7,16,19-23H,8-15H2,1-6H3. The fraction of sp³-hybridized carbons (Fsp3) is 0.846. The Labute approximate surface area is 182 Å². The fourth-order valence-corrected chi connectivity index (χ4v) is 8.40. The van der Waals surface area contributed by atoms with Gasteiger partial charge < -0.3 is 9.64 Å². The molecule has 4 aliphatic rings. The Balaban J connectivity index is 1.55. The molecule has 0 bridgehead atoms. The second kappa shape index (κ2) is 7.67. The van der Waals surface area contributed by atoms with Crippen LogP contribution in [0, 0.1) is 40.4 Å². The van der Waals surface area contributed by atoms with Crippen molar-refractivity contribution in [3.8, 4) is 0 Å². The molecule has 0 heterocycles. The van der Waals surface area contributed by atoms with E-state index >= 15 is 0 Å². The highest BCUT2D eigenvalue weighted by Crippen LogP contribution is 2.67. The minimum absolute atomic E-state index is 0.0704. The van der Waals surface area contributed by atoms with Gasteiger partial charge in [0, 0.05) is 33.4 Å². The molecule has 8 unspecified atom stereocenters. The van der Waals surface area contributed by atoms with Crippen LogP contribution in [0.2, 0.25) is 0 Å². The molecule has 168 valence electrons. The summed E-state index contributed by atoms with van der Waals surface area (Å²) in [6.45, 7) is 8.69. The van der Waals surface area contributed by atoms with Crippen LogP contribution in [0.4, 0.5) is 0 Å². The molecule has 4 rings (SSSR count). The zero-order valence-corrected chi connectivity index (χ0v) is 19.9. The van der Waals surface area contributed by atoms with Gasteiger partial charge in [-0.2, -0.15) is 0 Å². The number of allylic oxidation sites excluding steroid dienone is 1. The van der Waals surface area contributed by atoms with Gasteiger partial charge in [-0.3, -0.25) is 9.59 Å². The minimum atomic E-state index is -0.148. The van der Waals surface area contributed by atoms with Gasteiger partial charge in [0.25, 0.3) is 0 Å². The van der Waals surface area contributed by atoms with Crippen LogP contribution in [0.3, 0.4) is 0 Å². The molecule has 0 aromatic heterocycles. The molecule has 30 heavy (non-hydrogen) atoms. The maximum absolute atomic E-state index is 12.8. The van der Waals surface area contributed by atoms with Crippen LogP contribution in [0.5, 0.6) is 0 Å². The minimum Gasteiger partial charge on any atom is -0.462 e. The molecule has 0 aliphatic heterocycles. The van der Waals surface area contributed by atoms with E-state index in [4.69, 9.17) is 4.74 Å². The lowest BCUT2D eigenvalue weighted by Gasteiger charge is -2.58. The van der Waals surface area contributed by atoms with Gasteiger partial charge in [-0.05, 0) is 79.4 Å². The number of ether oxygens (including phenoxy) is 1. The number of nitrogens with zero attached hydrogens (tertiary/aromatic N) is 1. The average Bonchev–Trinajstić information content (AvgIpc) is 3.03. The first-order valence-electron chi connectivity index (χ1n) is 12.2. The molecular formula is C26H41NO3. The molecule has 0 spiro atoms. The number of hydrogen-bond donors (Lipinski definition) is 0. The van der Waals surface area contributed by atoms with Gasteiger partial charge in [-0.25, -0.2) is 0 Å². The van der Waals surface area contributed by atoms with Gasteiger partial charge in [0.1, 0.15) is 6.10 Å². The summed E-state index contributed by atoms with van der Waals surface area (Å²) in [5.41, 5.74) is 2.11. The Morgan fingerprint density at radius 3 is 2.50 bits per heavy atom. The fourth-order valence-electron chi connectivity index (χ4n) is 8.40. The molecule has 4 aliphatic carbocycles. The maximum Gasteiger partial charge on any atom is 0.302 e. The first kappa shape index (κ1) is 21.9. The van der Waals surface area contributed by atoms with Crippen molar-refractivity contribution in [2.75, 3.05) is 14.1 Å². The van der Waals surface area contributed by atoms with E-state index in [-0.39, 0.29) is 23.4 Å². The van der Waals surface area contributed by atoms with Crippen LogP contribution in [0.15, 0.2) is 11.6 Å². The number of fused-ring (bicyclic) bond motifs is 5. The second-order valence-corrected chi connectivity index (χ2v) is 11.5. The summed E-state index contributed by atoms with van der Waals surface area (Å²) in [6, 6.07) is 0. The monoisotopic (exact) mass is 415 g/mol. The zero-order chi connectivity index (χ0) is 21.8. The Hall–Kier alpha value is -1.32. The average molecular weight is 416 g/mol. The van der Waals surface area contributed by atoms with Crippen molar-refractivity contribution < 1.29 is 14.3 Å². The normalized spacial score (nSPS) is 43.5. The van der Waals surface area contributed by atoms with Crippen molar-refractivity contribution in [3.05, 3.63) is 11.6 Å². The summed E-state index contributed by atoms with van der Waals surface area (Å²) < 4.78 is 5.57. The van der Waals surface area contributed by atoms with Gasteiger partial charge in [-0.15, -0.1) is 0 Å². The molecule has 0 radical (unpaired) electrons. The predicted octanol–water partition coefficient (Wildman–Crippen LogP) is 5.22. The first-order chi connectivity index (χ1) is 14.1. The van der Waals surface area contributed by atoms with Crippen molar-refractivity contribution in [2.45, 2.75) is 85.2 Å². The third kappa shape index (κ3) is 3.33. The molecular weight excluding hydrogens is 374 g/mol. The second-order valence-electron chi connectivity index (χ2n) is 11.5. The smallest absolute Gasteiger partial charge is 0.302 e. The van der Waals surface area contributed by atoms with Crippen molar-refractivity contribution in [1.29, 1.82) is 0 Å². The van der Waals surface area contributed by atoms with Crippen LogP contribution in [-0.4, -0.2) is 37.0 Å². The van der Waals surface area contributed by atoms with Crippen LogP contribution >= 0.6 is 0 Å². The van der Waals surface area contributed by atoms with Crippen LogP contribution in [0.1, 0.15) is 79.1 Å². The Bertz CT molecular complexity index is 743. The molecule has 3 fully saturated rings. The van der Waals surface area contributed by atoms with Crippen LogP contribution in [0.25, 0.3) is 0 Å². The molecule has 0 N–H and O–H groups in total. The summed E-state index contributed by atoms with van der Waals surface area (Å²) >= 11 is 0. The van der Waals surface area contributed by atoms with Crippen molar-refractivity contribution in [3.63, 3.8) is 0 Å². The van der Waals surface area contributed by atoms with Crippen LogP contribution < -0.4 is 0 Å². The number of carbonyl (C=O) groups excluding carboxylic acids is 2. The van der Waals surface area contributed by atoms with Crippen molar-refractivity contribution >= 4 is 11.9 Å². The summed E-state index contributed by atoms with van der Waals surface area (Å²) in [5.74, 6) is 3.00. The van der Waals surface area contributed by atoms with E-state index in [0.29, 0.717) is 17.2 Å². The molecule has 8 atom stereocenters. The maximum atomic E-state index is 12.8. The molecule has 4 heteroatoms. The van der Waals surface area contributed by atoms with Gasteiger partial charge in [0.15, 0.2) is 0 Å². The summed E-state index contributed by atoms with van der Waals surface area (Å²) in [4.78, 5) is 26.0. The SMILES string of the molecule is CC(=O)OC1CCC2(C)C(=CCC3C2CCC2(C)C(C(C)C(=O)N(C)C)CCC32)C1. The quantitative estimate of drug-likeness (QED) is 0.469. The zero-order valence-electron chi connectivity index (χ0n) is 19.9. The molecule has 1 amide bonds. The lowest BCUT2D eigenvalue weighted by Crippen LogP contribution is -2.51. The predicted molar refractivity (Wildman–Crippen MR) is 119 cm³/mol. The number of rotatable bonds is 3. The molecule has 0 aromatic carbocycles. The largest absolute Gasteiger partial charge is 0.462 e. The third-order valence-corrected chi connectivity index (χ3v) is 9.90. The molecule has 0 aromatic rings. The summed E-state index contributed by atoms with van der Waals surface area (Å²) in [5, 5.41) is 0. The lowest BCUT2D eigenvalue weighted by molar-refractivity contribution is -0.148. The van der Waals surface area contributed by atoms with E-state index in [2.05, 4.69) is 26.8 Å². The third-order valence-electron chi connectivity index (χ3n) is 9.90. The molecule has 0 saturated heterocycles.